The van der Waals surface area contributed by atoms with E-state index < -0.39 is 0 Å². The van der Waals surface area contributed by atoms with Gasteiger partial charge in [-0.05, 0) is 0 Å². The maximum Gasteiger partial charge on any atom is 0.117 e. The summed E-state index contributed by atoms with van der Waals surface area (Å²) < 4.78 is 1.53. The Bertz CT molecular complexity index is 651. The summed E-state index contributed by atoms with van der Waals surface area (Å²) in [4.78, 5) is 8.05. The van der Waals surface area contributed by atoms with Crippen LogP contribution in [0.25, 0.3) is 16.9 Å². The molecule has 2 aromatic heterocycles. The van der Waals surface area contributed by atoms with Crippen LogP contribution in [0.3, 0.4) is 0 Å². The normalized spacial score (nSPS) is 9.61. The van der Waals surface area contributed by atoms with E-state index in [-0.39, 0.29) is 65.4 Å². The molecule has 0 fully saturated rings. The minimum atomic E-state index is 0. The first kappa shape index (κ1) is 16.0. The standard InChI is InChI=1S/C12H8N4.2Y/c1-9-4-2-3-5-11(9)10-6-13-12-14-8-15-16(12)7-10;;/h2-5,8H,1H3;;/q-2;;. The summed E-state index contributed by atoms with van der Waals surface area (Å²) in [6, 6.07) is 8.04. The maximum atomic E-state index is 4.09. The number of nitrogens with zero attached hydrogens (tertiary/aromatic N) is 4. The Morgan fingerprint density at radius 2 is 1.94 bits per heavy atom. The molecule has 0 N–H and O–H groups in total. The summed E-state index contributed by atoms with van der Waals surface area (Å²) in [5.74, 6) is 0.511. The van der Waals surface area contributed by atoms with Gasteiger partial charge in [0.1, 0.15) is 6.33 Å². The molecule has 0 amide bonds. The zero-order valence-electron chi connectivity index (χ0n) is 9.83. The maximum absolute atomic E-state index is 4.09. The number of aryl methyl sites for hydroxylation is 1. The zero-order valence-corrected chi connectivity index (χ0v) is 15.5. The van der Waals surface area contributed by atoms with E-state index in [0.717, 1.165) is 16.7 Å². The molecule has 0 aliphatic heterocycles. The molecule has 84 valence electrons. The van der Waals surface area contributed by atoms with Gasteiger partial charge in [-0.2, -0.15) is 23.1 Å². The Morgan fingerprint density at radius 3 is 2.72 bits per heavy atom. The van der Waals surface area contributed by atoms with Crippen LogP contribution >= 0.6 is 0 Å². The van der Waals surface area contributed by atoms with Gasteiger partial charge in [0, 0.05) is 65.4 Å². The Morgan fingerprint density at radius 1 is 1.17 bits per heavy atom. The fraction of sp³-hybridized carbons (Fsp3) is 0.0833. The molecule has 6 heteroatoms. The first-order chi connectivity index (χ1) is 7.84. The minimum Gasteiger partial charge on any atom is -0.423 e. The van der Waals surface area contributed by atoms with Crippen LogP contribution in [0, 0.1) is 19.3 Å². The van der Waals surface area contributed by atoms with E-state index in [1.165, 1.54) is 10.8 Å². The van der Waals surface area contributed by atoms with Crippen LogP contribution in [0.5, 0.6) is 0 Å². The molecule has 0 bridgehead atoms. The van der Waals surface area contributed by atoms with Gasteiger partial charge in [0.2, 0.25) is 0 Å². The van der Waals surface area contributed by atoms with Crippen molar-refractivity contribution < 1.29 is 65.4 Å². The van der Waals surface area contributed by atoms with Gasteiger partial charge in [-0.15, -0.1) is 11.6 Å². The van der Waals surface area contributed by atoms with Gasteiger partial charge in [-0.3, -0.25) is 4.98 Å². The quantitative estimate of drug-likeness (QED) is 0.599. The number of rotatable bonds is 1. The molecule has 3 rings (SSSR count). The number of hydrogen-bond acceptors (Lipinski definition) is 3. The predicted molar refractivity (Wildman–Crippen MR) is 58.6 cm³/mol. The van der Waals surface area contributed by atoms with Crippen LogP contribution in [0.2, 0.25) is 0 Å². The van der Waals surface area contributed by atoms with Crippen molar-refractivity contribution in [1.82, 2.24) is 19.6 Å². The molecule has 18 heavy (non-hydrogen) atoms. The van der Waals surface area contributed by atoms with Crippen molar-refractivity contribution in [3.8, 4) is 11.1 Å². The molecule has 0 spiro atoms. The Kier molecular flexibility index (Phi) is 6.19. The van der Waals surface area contributed by atoms with Crippen LogP contribution in [-0.2, 0) is 65.4 Å². The van der Waals surface area contributed by atoms with Crippen molar-refractivity contribution in [2.24, 2.45) is 0 Å². The second-order valence-corrected chi connectivity index (χ2v) is 3.50. The van der Waals surface area contributed by atoms with Crippen LogP contribution in [0.15, 0.2) is 30.6 Å². The van der Waals surface area contributed by atoms with Crippen LogP contribution in [-0.4, -0.2) is 19.6 Å². The zero-order chi connectivity index (χ0) is 11.0. The molecule has 2 heterocycles. The number of benzene rings is 1. The summed E-state index contributed by atoms with van der Waals surface area (Å²) in [5.41, 5.74) is 3.03. The Labute approximate surface area is 155 Å². The second kappa shape index (κ2) is 6.95. The molecule has 0 saturated carbocycles. The molecule has 3 aromatic rings. The van der Waals surface area contributed by atoms with E-state index in [0.29, 0.717) is 5.78 Å². The third-order valence-corrected chi connectivity index (χ3v) is 2.43. The Hall–Kier alpha value is -0.0222. The predicted octanol–water partition coefficient (Wildman–Crippen LogP) is 1.70. The second-order valence-electron chi connectivity index (χ2n) is 3.50. The van der Waals surface area contributed by atoms with Gasteiger partial charge in [0.05, 0.1) is 5.78 Å². The van der Waals surface area contributed by atoms with E-state index >= 15 is 0 Å². The smallest absolute Gasteiger partial charge is 0.117 e. The average molecular weight is 386 g/mol. The van der Waals surface area contributed by atoms with E-state index in [9.17, 15) is 0 Å². The van der Waals surface area contributed by atoms with Crippen molar-refractivity contribution in [3.63, 3.8) is 0 Å². The topological polar surface area (TPSA) is 43.1 Å². The number of hydrogen-bond donors (Lipinski definition) is 0. The summed E-state index contributed by atoms with van der Waals surface area (Å²) in [7, 11) is 0. The summed E-state index contributed by atoms with van der Waals surface area (Å²) in [6.07, 6.45) is 7.47. The van der Waals surface area contributed by atoms with Gasteiger partial charge >= 0.3 is 0 Å². The molecule has 0 aliphatic carbocycles. The van der Waals surface area contributed by atoms with Crippen LogP contribution in [0.1, 0.15) is 5.56 Å². The van der Waals surface area contributed by atoms with E-state index in [4.69, 9.17) is 0 Å². The molecule has 0 saturated heterocycles. The largest absolute Gasteiger partial charge is 0.423 e. The summed E-state index contributed by atoms with van der Waals surface area (Å²) in [6.45, 7) is 2.04. The first-order valence-electron chi connectivity index (χ1n) is 4.91. The molecular formula is C12H8N4Y2-2. The summed E-state index contributed by atoms with van der Waals surface area (Å²) >= 11 is 0. The van der Waals surface area contributed by atoms with Crippen LogP contribution in [0.4, 0.5) is 0 Å². The minimum absolute atomic E-state index is 0. The summed E-state index contributed by atoms with van der Waals surface area (Å²) in [5, 5.41) is 4.00. The van der Waals surface area contributed by atoms with Gasteiger partial charge in [-0.1, -0.05) is 25.1 Å². The van der Waals surface area contributed by atoms with Crippen molar-refractivity contribution in [2.45, 2.75) is 6.92 Å². The van der Waals surface area contributed by atoms with Crippen LogP contribution < -0.4 is 0 Å². The Balaban J connectivity index is 0.000000810. The van der Waals surface area contributed by atoms with E-state index in [1.54, 1.807) is 0 Å². The van der Waals surface area contributed by atoms with Gasteiger partial charge in [-0.25, -0.2) is 5.56 Å². The monoisotopic (exact) mass is 386 g/mol. The van der Waals surface area contributed by atoms with Gasteiger partial charge < -0.3 is 9.50 Å². The van der Waals surface area contributed by atoms with Crippen molar-refractivity contribution in [2.75, 3.05) is 0 Å². The molecule has 4 nitrogen and oxygen atoms in total. The SMILES string of the molecule is Cc1ccccc1-c1[c-]nc2ncnn2[c-]1.[Y].[Y]. The van der Waals surface area contributed by atoms with E-state index in [1.807, 2.05) is 31.2 Å². The molecular weight excluding hydrogens is 378 g/mol. The van der Waals surface area contributed by atoms with E-state index in [2.05, 4.69) is 27.5 Å². The average Bonchev–Trinajstić information content (AvgIpc) is 2.76. The fourth-order valence-corrected chi connectivity index (χ4v) is 1.60. The molecule has 1 aromatic carbocycles. The molecule has 2 radical (unpaired) electrons. The molecule has 0 aliphatic rings. The third-order valence-electron chi connectivity index (χ3n) is 2.43. The fourth-order valence-electron chi connectivity index (χ4n) is 1.60. The number of fused-ring (bicyclic) bond motifs is 1. The van der Waals surface area contributed by atoms with Gasteiger partial charge in [0.25, 0.3) is 0 Å². The van der Waals surface area contributed by atoms with Crippen molar-refractivity contribution in [1.29, 1.82) is 0 Å². The molecule has 0 atom stereocenters. The van der Waals surface area contributed by atoms with Crippen molar-refractivity contribution >= 4 is 5.78 Å². The first-order valence-corrected chi connectivity index (χ1v) is 4.91. The number of aromatic nitrogens is 4. The third kappa shape index (κ3) is 3.10. The molecule has 0 unspecified atom stereocenters. The van der Waals surface area contributed by atoms with Crippen molar-refractivity contribution in [3.05, 3.63) is 48.5 Å². The van der Waals surface area contributed by atoms with Gasteiger partial charge in [0.15, 0.2) is 0 Å².